The fraction of sp³-hybridized carbons (Fsp3) is 0.737. The Kier molecular flexibility index (Phi) is 9.49. The first kappa shape index (κ1) is 24.7. The molecule has 0 bridgehead atoms. The molecule has 3 heterocycles. The van der Waals surface area contributed by atoms with Crippen LogP contribution in [0.1, 0.15) is 32.6 Å². The highest BCUT2D eigenvalue weighted by atomic mass is 127. The maximum atomic E-state index is 12.4. The van der Waals surface area contributed by atoms with E-state index in [-0.39, 0.29) is 30.5 Å². The summed E-state index contributed by atoms with van der Waals surface area (Å²) in [6.45, 7) is 6.04. The highest BCUT2D eigenvalue weighted by Crippen LogP contribution is 2.30. The van der Waals surface area contributed by atoms with Crippen LogP contribution in [0.4, 0.5) is 5.00 Å². The quantitative estimate of drug-likeness (QED) is 0.319. The first-order valence-corrected chi connectivity index (χ1v) is 12.8. The van der Waals surface area contributed by atoms with Gasteiger partial charge in [0.05, 0.1) is 16.3 Å². The van der Waals surface area contributed by atoms with Crippen molar-refractivity contribution in [2.24, 2.45) is 4.99 Å². The minimum Gasteiger partial charge on any atom is -0.381 e. The van der Waals surface area contributed by atoms with Crippen molar-refractivity contribution in [1.29, 1.82) is 0 Å². The Morgan fingerprint density at radius 1 is 1.34 bits per heavy atom. The molecule has 7 nitrogen and oxygen atoms in total. The lowest BCUT2D eigenvalue weighted by Gasteiger charge is -2.35. The second-order valence-corrected chi connectivity index (χ2v) is 11.0. The fourth-order valence-electron chi connectivity index (χ4n) is 3.82. The minimum atomic E-state index is -3.21. The monoisotopic (exact) mass is 556 g/mol. The Labute approximate surface area is 195 Å². The molecule has 2 aliphatic rings. The number of aliphatic imine (C=N–C) groups is 1. The minimum absolute atomic E-state index is 0. The Morgan fingerprint density at radius 2 is 2.03 bits per heavy atom. The molecule has 0 amide bonds. The molecule has 2 saturated heterocycles. The second-order valence-electron chi connectivity index (χ2n) is 7.62. The van der Waals surface area contributed by atoms with Crippen LogP contribution in [0.3, 0.4) is 0 Å². The van der Waals surface area contributed by atoms with E-state index >= 15 is 0 Å². The molecule has 0 spiro atoms. The van der Waals surface area contributed by atoms with Gasteiger partial charge in [-0.3, -0.25) is 4.99 Å². The second kappa shape index (κ2) is 11.1. The normalized spacial score (nSPS) is 20.8. The number of hydrogen-bond donors (Lipinski definition) is 2. The van der Waals surface area contributed by atoms with E-state index in [1.54, 1.807) is 11.3 Å². The van der Waals surface area contributed by atoms with E-state index in [4.69, 9.17) is 4.74 Å². The van der Waals surface area contributed by atoms with Gasteiger partial charge in [-0.25, -0.2) is 8.42 Å². The molecule has 2 fully saturated rings. The van der Waals surface area contributed by atoms with Crippen LogP contribution in [0.25, 0.3) is 0 Å². The first-order valence-electron chi connectivity index (χ1n) is 10.0. The number of guanidine groups is 1. The van der Waals surface area contributed by atoms with E-state index in [1.807, 2.05) is 6.92 Å². The number of rotatable bonds is 6. The lowest BCUT2D eigenvalue weighted by Crippen LogP contribution is -2.50. The van der Waals surface area contributed by atoms with Crippen LogP contribution in [0.15, 0.2) is 22.5 Å². The SMILES string of the molecule is CCNC(=NCC1(S(C)(=O)=O)CCOCC1)NC1CCN(c2cccs2)CC1.I. The Balaban J connectivity index is 0.00000300. The predicted octanol–water partition coefficient (Wildman–Crippen LogP) is 2.48. The number of halogens is 1. The molecule has 2 N–H and O–H groups in total. The van der Waals surface area contributed by atoms with Crippen molar-refractivity contribution in [2.45, 2.75) is 43.4 Å². The molecule has 0 unspecified atom stereocenters. The van der Waals surface area contributed by atoms with Crippen molar-refractivity contribution >= 4 is 56.1 Å². The third-order valence-electron chi connectivity index (χ3n) is 5.71. The van der Waals surface area contributed by atoms with Gasteiger partial charge < -0.3 is 20.3 Å². The summed E-state index contributed by atoms with van der Waals surface area (Å²) >= 11 is 1.78. The summed E-state index contributed by atoms with van der Waals surface area (Å²) in [6, 6.07) is 4.61. The van der Waals surface area contributed by atoms with Crippen molar-refractivity contribution < 1.29 is 13.2 Å². The van der Waals surface area contributed by atoms with Crippen LogP contribution in [-0.4, -0.2) is 70.8 Å². The summed E-state index contributed by atoms with van der Waals surface area (Å²) in [4.78, 5) is 7.11. The lowest BCUT2D eigenvalue weighted by molar-refractivity contribution is 0.0768. The van der Waals surface area contributed by atoms with Crippen molar-refractivity contribution in [3.05, 3.63) is 17.5 Å². The molecule has 0 aliphatic carbocycles. The number of sulfone groups is 1. The van der Waals surface area contributed by atoms with Gasteiger partial charge in [-0.2, -0.15) is 0 Å². The fourth-order valence-corrected chi connectivity index (χ4v) is 5.81. The molecule has 3 rings (SSSR count). The van der Waals surface area contributed by atoms with Crippen molar-refractivity contribution in [2.75, 3.05) is 50.5 Å². The molecule has 1 aromatic rings. The van der Waals surface area contributed by atoms with E-state index in [1.165, 1.54) is 11.3 Å². The zero-order valence-corrected chi connectivity index (χ0v) is 21.2. The van der Waals surface area contributed by atoms with Crippen molar-refractivity contribution in [3.8, 4) is 0 Å². The van der Waals surface area contributed by atoms with E-state index in [0.29, 0.717) is 38.1 Å². The number of piperidine rings is 1. The number of hydrogen-bond acceptors (Lipinski definition) is 6. The summed E-state index contributed by atoms with van der Waals surface area (Å²) in [5.74, 6) is 0.714. The average molecular weight is 557 g/mol. The van der Waals surface area contributed by atoms with E-state index in [0.717, 1.165) is 32.5 Å². The molecular formula is C19H33IN4O3S2. The van der Waals surface area contributed by atoms with Crippen LogP contribution < -0.4 is 15.5 Å². The highest BCUT2D eigenvalue weighted by Gasteiger charge is 2.42. The molecule has 0 saturated carbocycles. The van der Waals surface area contributed by atoms with Crippen molar-refractivity contribution in [3.63, 3.8) is 0 Å². The summed E-state index contributed by atoms with van der Waals surface area (Å²) in [6.07, 6.45) is 4.41. The van der Waals surface area contributed by atoms with Gasteiger partial charge in [0.25, 0.3) is 0 Å². The zero-order valence-electron chi connectivity index (χ0n) is 17.2. The van der Waals surface area contributed by atoms with E-state index in [2.05, 4.69) is 38.0 Å². The number of nitrogens with one attached hydrogen (secondary N) is 2. The molecule has 2 aliphatic heterocycles. The Morgan fingerprint density at radius 3 is 2.59 bits per heavy atom. The largest absolute Gasteiger partial charge is 0.381 e. The van der Waals surface area contributed by atoms with Crippen LogP contribution in [0.2, 0.25) is 0 Å². The van der Waals surface area contributed by atoms with Gasteiger partial charge in [-0.15, -0.1) is 35.3 Å². The topological polar surface area (TPSA) is 83.0 Å². The molecule has 1 aromatic heterocycles. The van der Waals surface area contributed by atoms with Gasteiger partial charge in [0.2, 0.25) is 0 Å². The zero-order chi connectivity index (χ0) is 20.0. The molecular weight excluding hydrogens is 523 g/mol. The van der Waals surface area contributed by atoms with Gasteiger partial charge in [-0.1, -0.05) is 0 Å². The summed E-state index contributed by atoms with van der Waals surface area (Å²) < 4.78 is 29.5. The van der Waals surface area contributed by atoms with Gasteiger partial charge in [0.1, 0.15) is 0 Å². The number of nitrogens with zero attached hydrogens (tertiary/aromatic N) is 2. The first-order chi connectivity index (χ1) is 13.4. The summed E-state index contributed by atoms with van der Waals surface area (Å²) in [7, 11) is -3.21. The third-order valence-corrected chi connectivity index (χ3v) is 8.75. The van der Waals surface area contributed by atoms with Gasteiger partial charge >= 0.3 is 0 Å². The van der Waals surface area contributed by atoms with Crippen LogP contribution in [0, 0.1) is 0 Å². The molecule has 0 atom stereocenters. The van der Waals surface area contributed by atoms with E-state index < -0.39 is 14.6 Å². The number of anilines is 1. The average Bonchev–Trinajstić information content (AvgIpc) is 3.22. The molecule has 10 heteroatoms. The Hall–Kier alpha value is -0.590. The number of ether oxygens (including phenoxy) is 1. The van der Waals surface area contributed by atoms with Gasteiger partial charge in [0.15, 0.2) is 15.8 Å². The Bertz CT molecular complexity index is 742. The van der Waals surface area contributed by atoms with E-state index in [9.17, 15) is 8.42 Å². The maximum absolute atomic E-state index is 12.4. The van der Waals surface area contributed by atoms with Crippen LogP contribution in [0.5, 0.6) is 0 Å². The van der Waals surface area contributed by atoms with Crippen LogP contribution >= 0.6 is 35.3 Å². The summed E-state index contributed by atoms with van der Waals surface area (Å²) in [5, 5.41) is 10.2. The standard InChI is InChI=1S/C19H32N4O3S2.HI/c1-3-20-18(21-15-19(28(2,24)25)8-12-26-13-9-19)22-16-6-10-23(11-7-16)17-5-4-14-27-17;/h4-5,14,16H,3,6-13,15H2,1-2H3,(H2,20,21,22);1H. The van der Waals surface area contributed by atoms with Crippen molar-refractivity contribution in [1.82, 2.24) is 10.6 Å². The van der Waals surface area contributed by atoms with Gasteiger partial charge in [-0.05, 0) is 50.1 Å². The number of thiophene rings is 1. The predicted molar refractivity (Wildman–Crippen MR) is 132 cm³/mol. The third kappa shape index (κ3) is 6.44. The molecule has 29 heavy (non-hydrogen) atoms. The summed E-state index contributed by atoms with van der Waals surface area (Å²) in [5.41, 5.74) is 0. The van der Waals surface area contributed by atoms with Gasteiger partial charge in [0, 0.05) is 45.1 Å². The molecule has 0 radical (unpaired) electrons. The highest BCUT2D eigenvalue weighted by molar-refractivity contribution is 14.0. The molecule has 0 aromatic carbocycles. The lowest BCUT2D eigenvalue weighted by atomic mass is 9.99. The molecule has 166 valence electrons. The maximum Gasteiger partial charge on any atom is 0.191 e. The smallest absolute Gasteiger partial charge is 0.191 e. The van der Waals surface area contributed by atoms with Crippen LogP contribution in [-0.2, 0) is 14.6 Å².